The first-order valence-corrected chi connectivity index (χ1v) is 9.25. The van der Waals surface area contributed by atoms with Gasteiger partial charge in [-0.05, 0) is 38.8 Å². The van der Waals surface area contributed by atoms with E-state index < -0.39 is 12.0 Å². The van der Waals surface area contributed by atoms with Crippen LogP contribution < -0.4 is 10.9 Å². The van der Waals surface area contributed by atoms with Crippen LogP contribution in [-0.2, 0) is 21.4 Å². The highest BCUT2D eigenvalue weighted by molar-refractivity contribution is 5.95. The largest absolute Gasteiger partial charge is 0.452 e. The van der Waals surface area contributed by atoms with Crippen LogP contribution in [0.15, 0.2) is 35.1 Å². The lowest BCUT2D eigenvalue weighted by Gasteiger charge is -2.15. The molecule has 0 aliphatic heterocycles. The second-order valence-electron chi connectivity index (χ2n) is 6.99. The van der Waals surface area contributed by atoms with Crippen LogP contribution >= 0.6 is 0 Å². The van der Waals surface area contributed by atoms with E-state index in [0.29, 0.717) is 11.4 Å². The van der Waals surface area contributed by atoms with Gasteiger partial charge in [0.15, 0.2) is 6.10 Å². The van der Waals surface area contributed by atoms with Crippen LogP contribution in [-0.4, -0.2) is 27.3 Å². The molecule has 0 radical (unpaired) electrons. The molecule has 7 nitrogen and oxygen atoms in total. The first-order valence-electron chi connectivity index (χ1n) is 9.25. The van der Waals surface area contributed by atoms with E-state index in [2.05, 4.69) is 5.32 Å². The molecule has 1 aromatic heterocycles. The van der Waals surface area contributed by atoms with Gasteiger partial charge in [0.05, 0.1) is 17.3 Å². The Morgan fingerprint density at radius 3 is 2.44 bits per heavy atom. The maximum Gasteiger partial charge on any atom is 0.309 e. The van der Waals surface area contributed by atoms with Gasteiger partial charge >= 0.3 is 5.97 Å². The number of hydrogen-bond donors (Lipinski definition) is 1. The molecule has 1 amide bonds. The monoisotopic (exact) mass is 371 g/mol. The number of aromatic nitrogens is 2. The molecule has 1 aromatic carbocycles. The van der Waals surface area contributed by atoms with Gasteiger partial charge in [0.25, 0.3) is 11.5 Å². The summed E-state index contributed by atoms with van der Waals surface area (Å²) < 4.78 is 8.47. The highest BCUT2D eigenvalue weighted by atomic mass is 16.5. The van der Waals surface area contributed by atoms with Crippen molar-refractivity contribution < 1.29 is 14.3 Å². The van der Waals surface area contributed by atoms with E-state index in [4.69, 9.17) is 4.74 Å². The third-order valence-electron chi connectivity index (χ3n) is 5.15. The zero-order chi connectivity index (χ0) is 19.6. The maximum atomic E-state index is 12.8. The van der Waals surface area contributed by atoms with Gasteiger partial charge in [0.1, 0.15) is 5.69 Å². The molecular formula is C20H25N3O4. The highest BCUT2D eigenvalue weighted by Crippen LogP contribution is 2.26. The molecule has 1 unspecified atom stereocenters. The summed E-state index contributed by atoms with van der Waals surface area (Å²) in [5.41, 5.74) is 1.18. The van der Waals surface area contributed by atoms with Gasteiger partial charge in [0.2, 0.25) is 0 Å². The molecule has 2 aromatic rings. The van der Waals surface area contributed by atoms with Crippen molar-refractivity contribution in [3.63, 3.8) is 0 Å². The van der Waals surface area contributed by atoms with Crippen LogP contribution in [0.2, 0.25) is 0 Å². The average Bonchev–Trinajstić information content (AvgIpc) is 3.26. The number of ether oxygens (including phenoxy) is 1. The second kappa shape index (κ2) is 7.82. The Morgan fingerprint density at radius 1 is 1.19 bits per heavy atom. The lowest BCUT2D eigenvalue weighted by atomic mass is 10.1. The highest BCUT2D eigenvalue weighted by Gasteiger charge is 2.28. The SMILES string of the molecule is Cc1c(NC(=O)C(C)OC(=O)C2CCCC2)c(=O)n(-c2ccccc2)n1C. The fraction of sp³-hybridized carbons (Fsp3) is 0.450. The molecule has 1 N–H and O–H groups in total. The number of nitrogens with zero attached hydrogens (tertiary/aromatic N) is 2. The van der Waals surface area contributed by atoms with Crippen molar-refractivity contribution in [1.29, 1.82) is 0 Å². The Morgan fingerprint density at radius 2 is 1.81 bits per heavy atom. The molecule has 0 saturated heterocycles. The van der Waals surface area contributed by atoms with Crippen molar-refractivity contribution in [2.45, 2.75) is 45.6 Å². The first-order chi connectivity index (χ1) is 12.9. The fourth-order valence-corrected chi connectivity index (χ4v) is 3.42. The van der Waals surface area contributed by atoms with Crippen LogP contribution in [0.1, 0.15) is 38.3 Å². The summed E-state index contributed by atoms with van der Waals surface area (Å²) >= 11 is 0. The van der Waals surface area contributed by atoms with Gasteiger partial charge in [-0.1, -0.05) is 31.0 Å². The van der Waals surface area contributed by atoms with E-state index in [1.807, 2.05) is 30.3 Å². The van der Waals surface area contributed by atoms with E-state index in [1.54, 1.807) is 18.7 Å². The molecule has 1 aliphatic carbocycles. The van der Waals surface area contributed by atoms with Crippen LogP contribution in [0.5, 0.6) is 0 Å². The quantitative estimate of drug-likeness (QED) is 0.819. The van der Waals surface area contributed by atoms with Gasteiger partial charge in [-0.3, -0.25) is 19.1 Å². The molecule has 1 saturated carbocycles. The smallest absolute Gasteiger partial charge is 0.309 e. The zero-order valence-corrected chi connectivity index (χ0v) is 15.9. The number of amides is 1. The minimum absolute atomic E-state index is 0.117. The molecule has 3 rings (SSSR count). The number of anilines is 1. The molecule has 144 valence electrons. The summed E-state index contributed by atoms with van der Waals surface area (Å²) in [4.78, 5) is 37.4. The van der Waals surface area contributed by atoms with Crippen molar-refractivity contribution in [3.8, 4) is 5.69 Å². The van der Waals surface area contributed by atoms with Crippen molar-refractivity contribution in [1.82, 2.24) is 9.36 Å². The summed E-state index contributed by atoms with van der Waals surface area (Å²) in [5.74, 6) is -0.956. The standard InChI is InChI=1S/C20H25N3O4/c1-13-17(19(25)23(22(13)3)16-11-5-4-6-12-16)21-18(24)14(2)27-20(26)15-9-7-8-10-15/h4-6,11-12,14-15H,7-10H2,1-3H3,(H,21,24). The molecule has 7 heteroatoms. The molecule has 0 spiro atoms. The number of hydrogen-bond acceptors (Lipinski definition) is 4. The first kappa shape index (κ1) is 18.9. The van der Waals surface area contributed by atoms with Crippen molar-refractivity contribution >= 4 is 17.6 Å². The predicted molar refractivity (Wildman–Crippen MR) is 102 cm³/mol. The summed E-state index contributed by atoms with van der Waals surface area (Å²) in [7, 11) is 1.75. The maximum absolute atomic E-state index is 12.8. The van der Waals surface area contributed by atoms with Crippen LogP contribution in [0, 0.1) is 12.8 Å². The fourth-order valence-electron chi connectivity index (χ4n) is 3.42. The predicted octanol–water partition coefficient (Wildman–Crippen LogP) is 2.54. The third kappa shape index (κ3) is 3.82. The number of esters is 1. The number of nitrogens with one attached hydrogen (secondary N) is 1. The van der Waals surface area contributed by atoms with Crippen LogP contribution in [0.25, 0.3) is 5.69 Å². The van der Waals surface area contributed by atoms with E-state index in [9.17, 15) is 14.4 Å². The molecular weight excluding hydrogens is 346 g/mol. The number of benzene rings is 1. The number of rotatable bonds is 5. The lowest BCUT2D eigenvalue weighted by molar-refractivity contribution is -0.157. The van der Waals surface area contributed by atoms with Crippen LogP contribution in [0.3, 0.4) is 0 Å². The Hall–Kier alpha value is -2.83. The number of para-hydroxylation sites is 1. The molecule has 1 aliphatic rings. The third-order valence-corrected chi connectivity index (χ3v) is 5.15. The summed E-state index contributed by atoms with van der Waals surface area (Å²) in [6.07, 6.45) is 2.70. The van der Waals surface area contributed by atoms with Gasteiger partial charge in [-0.2, -0.15) is 0 Å². The van der Waals surface area contributed by atoms with Gasteiger partial charge in [0, 0.05) is 7.05 Å². The Kier molecular flexibility index (Phi) is 5.48. The normalized spacial score (nSPS) is 15.5. The van der Waals surface area contributed by atoms with Gasteiger partial charge < -0.3 is 10.1 Å². The van der Waals surface area contributed by atoms with Crippen molar-refractivity contribution in [3.05, 3.63) is 46.4 Å². The van der Waals surface area contributed by atoms with Gasteiger partial charge in [-0.25, -0.2) is 4.68 Å². The van der Waals surface area contributed by atoms with Crippen LogP contribution in [0.4, 0.5) is 5.69 Å². The molecule has 27 heavy (non-hydrogen) atoms. The number of carbonyl (C=O) groups excluding carboxylic acids is 2. The average molecular weight is 371 g/mol. The van der Waals surface area contributed by atoms with Crippen molar-refractivity contribution in [2.24, 2.45) is 13.0 Å². The topological polar surface area (TPSA) is 82.3 Å². The van der Waals surface area contributed by atoms with E-state index in [-0.39, 0.29) is 23.1 Å². The summed E-state index contributed by atoms with van der Waals surface area (Å²) in [5, 5.41) is 2.63. The Labute approximate surface area is 157 Å². The molecule has 1 fully saturated rings. The van der Waals surface area contributed by atoms with E-state index in [1.165, 1.54) is 11.6 Å². The second-order valence-corrected chi connectivity index (χ2v) is 6.99. The lowest BCUT2D eigenvalue weighted by Crippen LogP contribution is -2.33. The molecule has 1 heterocycles. The summed E-state index contributed by atoms with van der Waals surface area (Å²) in [6, 6.07) is 9.18. The van der Waals surface area contributed by atoms with E-state index in [0.717, 1.165) is 25.7 Å². The Bertz CT molecular complexity index is 892. The summed E-state index contributed by atoms with van der Waals surface area (Å²) in [6.45, 7) is 3.28. The minimum Gasteiger partial charge on any atom is -0.452 e. The number of carbonyl (C=O) groups is 2. The van der Waals surface area contributed by atoms with E-state index >= 15 is 0 Å². The molecule has 0 bridgehead atoms. The van der Waals surface area contributed by atoms with Gasteiger partial charge in [-0.15, -0.1) is 0 Å². The van der Waals surface area contributed by atoms with Crippen molar-refractivity contribution in [2.75, 3.05) is 5.32 Å². The zero-order valence-electron chi connectivity index (χ0n) is 15.9. The minimum atomic E-state index is -0.956. The molecule has 1 atom stereocenters. The Balaban J connectivity index is 1.76.